The normalized spacial score (nSPS) is 10.5. The third-order valence-corrected chi connectivity index (χ3v) is 3.72. The quantitative estimate of drug-likeness (QED) is 0.910. The second-order valence-electron chi connectivity index (χ2n) is 5.52. The van der Waals surface area contributed by atoms with E-state index in [0.29, 0.717) is 0 Å². The first-order valence-corrected chi connectivity index (χ1v) is 7.40. The molecule has 4 nitrogen and oxygen atoms in total. The molecule has 0 fully saturated rings. The molecule has 0 aliphatic heterocycles. The molecule has 0 radical (unpaired) electrons. The summed E-state index contributed by atoms with van der Waals surface area (Å²) in [4.78, 5) is 2.09. The topological polar surface area (TPSA) is 41.1 Å². The van der Waals surface area contributed by atoms with E-state index in [9.17, 15) is 0 Å². The molecule has 0 aliphatic rings. The summed E-state index contributed by atoms with van der Waals surface area (Å²) in [6.07, 6.45) is 1.08. The molecule has 0 saturated heterocycles. The van der Waals surface area contributed by atoms with Gasteiger partial charge in [-0.3, -0.25) is 0 Å². The summed E-state index contributed by atoms with van der Waals surface area (Å²) in [5, 5.41) is 12.1. The van der Waals surface area contributed by atoms with Crippen LogP contribution in [0.4, 0.5) is 11.5 Å². The van der Waals surface area contributed by atoms with Crippen LogP contribution < -0.4 is 10.2 Å². The fraction of sp³-hybridized carbons (Fsp3) is 0.412. The highest BCUT2D eigenvalue weighted by atomic mass is 15.2. The molecular formula is C17H24N4. The summed E-state index contributed by atoms with van der Waals surface area (Å²) in [7, 11) is 4.08. The molecule has 1 N–H and O–H groups in total. The van der Waals surface area contributed by atoms with Crippen molar-refractivity contribution in [2.45, 2.75) is 27.2 Å². The van der Waals surface area contributed by atoms with Crippen molar-refractivity contribution in [1.29, 1.82) is 0 Å². The number of nitrogens with zero attached hydrogens (tertiary/aromatic N) is 3. The monoisotopic (exact) mass is 284 g/mol. The minimum Gasteiger partial charge on any atom is -0.378 e. The summed E-state index contributed by atoms with van der Waals surface area (Å²) in [5.41, 5.74) is 5.60. The lowest BCUT2D eigenvalue weighted by molar-refractivity contribution is 0.933. The van der Waals surface area contributed by atoms with Crippen LogP contribution in [0.25, 0.3) is 11.3 Å². The van der Waals surface area contributed by atoms with Gasteiger partial charge < -0.3 is 10.2 Å². The van der Waals surface area contributed by atoms with E-state index >= 15 is 0 Å². The first-order valence-electron chi connectivity index (χ1n) is 7.40. The van der Waals surface area contributed by atoms with Crippen molar-refractivity contribution in [2.24, 2.45) is 0 Å². The smallest absolute Gasteiger partial charge is 0.151 e. The van der Waals surface area contributed by atoms with E-state index in [4.69, 9.17) is 0 Å². The Bertz CT molecular complexity index is 603. The second kappa shape index (κ2) is 6.57. The fourth-order valence-corrected chi connectivity index (χ4v) is 2.21. The minimum absolute atomic E-state index is 0.892. The number of nitrogens with one attached hydrogen (secondary N) is 1. The van der Waals surface area contributed by atoms with E-state index in [1.165, 1.54) is 16.8 Å². The van der Waals surface area contributed by atoms with Gasteiger partial charge in [0, 0.05) is 31.9 Å². The van der Waals surface area contributed by atoms with Crippen LogP contribution in [0.1, 0.15) is 24.5 Å². The summed E-state index contributed by atoms with van der Waals surface area (Å²) in [6.45, 7) is 7.27. The Morgan fingerprint density at radius 3 is 2.24 bits per heavy atom. The first kappa shape index (κ1) is 15.3. The highest BCUT2D eigenvalue weighted by Gasteiger charge is 2.11. The maximum Gasteiger partial charge on any atom is 0.151 e. The van der Waals surface area contributed by atoms with Gasteiger partial charge in [-0.15, -0.1) is 10.2 Å². The van der Waals surface area contributed by atoms with Crippen molar-refractivity contribution in [3.63, 3.8) is 0 Å². The Balaban J connectivity index is 2.34. The molecule has 112 valence electrons. The molecule has 2 rings (SSSR count). The van der Waals surface area contributed by atoms with Gasteiger partial charge in [-0.05, 0) is 43.5 Å². The van der Waals surface area contributed by atoms with Crippen molar-refractivity contribution >= 4 is 11.5 Å². The standard InChI is InChI=1S/C17H24N4/c1-6-11-18-17-13(3)12(2)16(19-20-17)14-7-9-15(10-8-14)21(4)5/h7-10H,6,11H2,1-5H3,(H,18,20). The molecule has 1 heterocycles. The second-order valence-corrected chi connectivity index (χ2v) is 5.52. The van der Waals surface area contributed by atoms with Gasteiger partial charge in [0.25, 0.3) is 0 Å². The number of rotatable bonds is 5. The molecule has 0 saturated carbocycles. The van der Waals surface area contributed by atoms with Crippen molar-refractivity contribution in [1.82, 2.24) is 10.2 Å². The van der Waals surface area contributed by atoms with Crippen molar-refractivity contribution in [3.8, 4) is 11.3 Å². The zero-order chi connectivity index (χ0) is 15.4. The Labute approximate surface area is 127 Å². The largest absolute Gasteiger partial charge is 0.378 e. The van der Waals surface area contributed by atoms with Gasteiger partial charge >= 0.3 is 0 Å². The van der Waals surface area contributed by atoms with Gasteiger partial charge in [0.15, 0.2) is 5.82 Å². The van der Waals surface area contributed by atoms with E-state index in [1.807, 2.05) is 14.1 Å². The third kappa shape index (κ3) is 3.32. The fourth-order valence-electron chi connectivity index (χ4n) is 2.21. The number of aromatic nitrogens is 2. The van der Waals surface area contributed by atoms with Crippen LogP contribution >= 0.6 is 0 Å². The summed E-state index contributed by atoms with van der Waals surface area (Å²) in [5.74, 6) is 0.892. The van der Waals surface area contributed by atoms with Gasteiger partial charge in [0.2, 0.25) is 0 Å². The van der Waals surface area contributed by atoms with Gasteiger partial charge in [-0.2, -0.15) is 0 Å². The lowest BCUT2D eigenvalue weighted by Gasteiger charge is -2.14. The molecular weight excluding hydrogens is 260 g/mol. The Kier molecular flexibility index (Phi) is 4.78. The van der Waals surface area contributed by atoms with Crippen LogP contribution in [0.2, 0.25) is 0 Å². The van der Waals surface area contributed by atoms with E-state index in [2.05, 4.69) is 65.5 Å². The SMILES string of the molecule is CCCNc1nnc(-c2ccc(N(C)C)cc2)c(C)c1C. The van der Waals surface area contributed by atoms with Gasteiger partial charge in [-0.25, -0.2) is 0 Å². The van der Waals surface area contributed by atoms with Gasteiger partial charge in [-0.1, -0.05) is 19.1 Å². The highest BCUT2D eigenvalue weighted by molar-refractivity contribution is 5.68. The lowest BCUT2D eigenvalue weighted by atomic mass is 10.0. The van der Waals surface area contributed by atoms with Crippen molar-refractivity contribution < 1.29 is 0 Å². The van der Waals surface area contributed by atoms with Gasteiger partial charge in [0.05, 0.1) is 5.69 Å². The molecule has 21 heavy (non-hydrogen) atoms. The van der Waals surface area contributed by atoms with Crippen LogP contribution in [0.15, 0.2) is 24.3 Å². The lowest BCUT2D eigenvalue weighted by Crippen LogP contribution is -2.09. The summed E-state index contributed by atoms with van der Waals surface area (Å²) < 4.78 is 0. The van der Waals surface area contributed by atoms with E-state index in [0.717, 1.165) is 30.0 Å². The molecule has 1 aromatic heterocycles. The molecule has 0 amide bonds. The average molecular weight is 284 g/mol. The summed E-state index contributed by atoms with van der Waals surface area (Å²) in [6, 6.07) is 8.42. The van der Waals surface area contributed by atoms with Crippen LogP contribution in [0, 0.1) is 13.8 Å². The van der Waals surface area contributed by atoms with Crippen LogP contribution in [0.3, 0.4) is 0 Å². The highest BCUT2D eigenvalue weighted by Crippen LogP contribution is 2.27. The zero-order valence-electron chi connectivity index (χ0n) is 13.6. The van der Waals surface area contributed by atoms with Crippen molar-refractivity contribution in [2.75, 3.05) is 30.9 Å². The summed E-state index contributed by atoms with van der Waals surface area (Å²) >= 11 is 0. The maximum atomic E-state index is 4.41. The molecule has 0 aliphatic carbocycles. The molecule has 0 spiro atoms. The van der Waals surface area contributed by atoms with E-state index in [1.54, 1.807) is 0 Å². The van der Waals surface area contributed by atoms with Crippen LogP contribution in [0.5, 0.6) is 0 Å². The molecule has 4 heteroatoms. The van der Waals surface area contributed by atoms with E-state index < -0.39 is 0 Å². The number of anilines is 2. The van der Waals surface area contributed by atoms with Crippen LogP contribution in [-0.2, 0) is 0 Å². The molecule has 0 atom stereocenters. The maximum absolute atomic E-state index is 4.41. The Morgan fingerprint density at radius 2 is 1.67 bits per heavy atom. The molecule has 0 unspecified atom stereocenters. The zero-order valence-corrected chi connectivity index (χ0v) is 13.6. The minimum atomic E-state index is 0.892. The number of hydrogen-bond acceptors (Lipinski definition) is 4. The predicted octanol–water partition coefficient (Wildman–Crippen LogP) is 3.65. The number of hydrogen-bond donors (Lipinski definition) is 1. The Morgan fingerprint density at radius 1 is 1.00 bits per heavy atom. The van der Waals surface area contributed by atoms with E-state index in [-0.39, 0.29) is 0 Å². The predicted molar refractivity (Wildman–Crippen MR) is 90.0 cm³/mol. The van der Waals surface area contributed by atoms with Crippen LogP contribution in [-0.4, -0.2) is 30.8 Å². The van der Waals surface area contributed by atoms with Crippen molar-refractivity contribution in [3.05, 3.63) is 35.4 Å². The number of benzene rings is 1. The third-order valence-electron chi connectivity index (χ3n) is 3.72. The first-order chi connectivity index (χ1) is 10.0. The Hall–Kier alpha value is -2.10. The molecule has 0 bridgehead atoms. The van der Waals surface area contributed by atoms with Gasteiger partial charge in [0.1, 0.15) is 0 Å². The molecule has 1 aromatic carbocycles. The molecule has 2 aromatic rings. The average Bonchev–Trinajstić information content (AvgIpc) is 2.49.